The van der Waals surface area contributed by atoms with Gasteiger partial charge in [-0.15, -0.1) is 6.58 Å². The lowest BCUT2D eigenvalue weighted by Gasteiger charge is -2.35. The second-order valence-corrected chi connectivity index (χ2v) is 12.2. The summed E-state index contributed by atoms with van der Waals surface area (Å²) in [6, 6.07) is 1.70. The van der Waals surface area contributed by atoms with E-state index in [2.05, 4.69) is 41.8 Å². The molecule has 2 heterocycles. The van der Waals surface area contributed by atoms with Crippen LogP contribution in [0.4, 0.5) is 4.79 Å². The van der Waals surface area contributed by atoms with Gasteiger partial charge in [-0.05, 0) is 53.7 Å². The number of fused-ring (bicyclic) bond motifs is 2. The summed E-state index contributed by atoms with van der Waals surface area (Å²) in [5.41, 5.74) is 0.957. The maximum Gasteiger partial charge on any atom is 0.407 e. The number of amides is 1. The van der Waals surface area contributed by atoms with Crippen LogP contribution in [0.25, 0.3) is 0 Å². The van der Waals surface area contributed by atoms with Gasteiger partial charge in [-0.2, -0.15) is 0 Å². The number of hydrogen-bond donors (Lipinski definition) is 1. The molecule has 0 fully saturated rings. The second kappa shape index (κ2) is 19.6. The minimum Gasteiger partial charge on any atom is -0.542 e. The van der Waals surface area contributed by atoms with E-state index in [1.807, 2.05) is 47.6 Å². The molecule has 1 aromatic heterocycles. The molecule has 242 valence electrons. The third kappa shape index (κ3) is 14.4. The van der Waals surface area contributed by atoms with Crippen molar-refractivity contribution in [2.24, 2.45) is 0 Å². The van der Waals surface area contributed by atoms with Crippen molar-refractivity contribution in [2.75, 3.05) is 32.7 Å². The molecule has 13 nitrogen and oxygen atoms in total. The Bertz CT molecular complexity index is 1110. The number of halogens is 1. The highest BCUT2D eigenvalue weighted by molar-refractivity contribution is 9.10. The summed E-state index contributed by atoms with van der Waals surface area (Å²) in [5.74, 6) is -1.79. The number of alkyl carbamates (subject to hydrolysis) is 1. The molecule has 6 radical (unpaired) electrons. The predicted molar refractivity (Wildman–Crippen MR) is 173 cm³/mol. The molecular weight excluding hydrogens is 647 g/mol. The normalized spacial score (nSPS) is 17.0. The van der Waals surface area contributed by atoms with Gasteiger partial charge in [-0.25, -0.2) is 4.79 Å². The molecule has 3 atom stereocenters. The van der Waals surface area contributed by atoms with E-state index in [1.54, 1.807) is 26.8 Å². The fourth-order valence-corrected chi connectivity index (χ4v) is 4.76. The Hall–Kier alpha value is -2.88. The minimum atomic E-state index is -0.671. The van der Waals surface area contributed by atoms with Gasteiger partial charge in [-0.1, -0.05) is 22.0 Å². The number of nitrogens with zero attached hydrogens (tertiary/aromatic N) is 4. The average molecular weight is 688 g/mol. The standard InChI is InChI=1S/C20H26B3BrN4O6.C8H15NO2/c1-12(18(29)32-21)26-4-6-27(13(2)19(30)33-22)10-16-8-15(24)9-17(25-16)11-28(7-5-26)14(3)20(31)34-23;1-5-6-9-7(10)11-8(2,3)4/h8-9,12-14H,4-7,10-11H2,1-3H3;5H,1,6H2,2-4H3,(H,9,10). The summed E-state index contributed by atoms with van der Waals surface area (Å²) >= 11 is 3.51. The van der Waals surface area contributed by atoms with Crippen molar-refractivity contribution in [3.63, 3.8) is 0 Å². The SMILES string of the molecule is C=CCNC(=O)OC(C)(C)C.[B]OC(=O)C(C)N1CCN(C(C)C(=O)O[B])Cc2cc(Br)cc(n2)CN(C(C)C(=O)O[B])CC1. The first-order valence-electron chi connectivity index (χ1n) is 14.2. The molecular formula is C28H41B3BrN5O8. The maximum atomic E-state index is 12.2. The molecule has 45 heavy (non-hydrogen) atoms. The highest BCUT2D eigenvalue weighted by Crippen LogP contribution is 2.19. The van der Waals surface area contributed by atoms with Crippen LogP contribution in [0.2, 0.25) is 0 Å². The van der Waals surface area contributed by atoms with Crippen LogP contribution >= 0.6 is 15.9 Å². The zero-order chi connectivity index (χ0) is 34.3. The molecule has 1 aliphatic heterocycles. The molecule has 1 N–H and O–H groups in total. The topological polar surface area (TPSA) is 140 Å². The molecule has 2 rings (SSSR count). The Morgan fingerprint density at radius 3 is 1.60 bits per heavy atom. The van der Waals surface area contributed by atoms with Crippen molar-refractivity contribution in [3.05, 3.63) is 40.6 Å². The maximum absolute atomic E-state index is 12.2. The molecule has 3 unspecified atom stereocenters. The average Bonchev–Trinajstić information content (AvgIpc) is 2.98. The zero-order valence-electron chi connectivity index (χ0n) is 26.8. The first kappa shape index (κ1) is 40.1. The number of carbonyl (C=O) groups is 4. The summed E-state index contributed by atoms with van der Waals surface area (Å²) in [6.07, 6.45) is 1.20. The van der Waals surface area contributed by atoms with E-state index in [0.29, 0.717) is 57.2 Å². The predicted octanol–water partition coefficient (Wildman–Crippen LogP) is 1.51. The second-order valence-electron chi connectivity index (χ2n) is 11.3. The van der Waals surface area contributed by atoms with Crippen molar-refractivity contribution in [1.29, 1.82) is 0 Å². The van der Waals surface area contributed by atoms with Gasteiger partial charge >= 0.3 is 48.1 Å². The largest absolute Gasteiger partial charge is 0.542 e. The number of carbonyl (C=O) groups excluding carboxylic acids is 4. The van der Waals surface area contributed by atoms with Crippen LogP contribution in [0.3, 0.4) is 0 Å². The Kier molecular flexibility index (Phi) is 17.5. The molecule has 2 bridgehead atoms. The van der Waals surface area contributed by atoms with Crippen LogP contribution in [-0.2, 0) is 46.2 Å². The Labute approximate surface area is 278 Å². The molecule has 0 spiro atoms. The summed E-state index contributed by atoms with van der Waals surface area (Å²) in [5, 5.41) is 2.51. The molecule has 0 saturated carbocycles. The van der Waals surface area contributed by atoms with Gasteiger partial charge in [0.05, 0.1) is 11.4 Å². The van der Waals surface area contributed by atoms with Crippen molar-refractivity contribution < 1.29 is 37.9 Å². The molecule has 0 saturated heterocycles. The Morgan fingerprint density at radius 2 is 1.24 bits per heavy atom. The summed E-state index contributed by atoms with van der Waals surface area (Å²) in [6.45, 7) is 16.5. The van der Waals surface area contributed by atoms with Gasteiger partial charge in [0, 0.05) is 50.3 Å². The molecule has 1 aliphatic rings. The number of aromatic nitrogens is 1. The fraction of sp³-hybridized carbons (Fsp3) is 0.607. The van der Waals surface area contributed by atoms with Crippen LogP contribution in [0.15, 0.2) is 29.3 Å². The van der Waals surface area contributed by atoms with Gasteiger partial charge < -0.3 is 24.0 Å². The smallest absolute Gasteiger partial charge is 0.407 e. The van der Waals surface area contributed by atoms with Crippen LogP contribution < -0.4 is 5.32 Å². The van der Waals surface area contributed by atoms with E-state index in [-0.39, 0.29) is 0 Å². The molecule has 0 aromatic carbocycles. The number of hydrogen-bond acceptors (Lipinski definition) is 12. The minimum absolute atomic E-state index is 0.312. The molecule has 0 aliphatic carbocycles. The van der Waals surface area contributed by atoms with E-state index in [4.69, 9.17) is 33.9 Å². The van der Waals surface area contributed by atoms with Gasteiger partial charge in [-0.3, -0.25) is 34.1 Å². The van der Waals surface area contributed by atoms with Crippen LogP contribution in [0.1, 0.15) is 52.9 Å². The van der Waals surface area contributed by atoms with E-state index in [9.17, 15) is 19.2 Å². The van der Waals surface area contributed by atoms with Gasteiger partial charge in [0.1, 0.15) is 23.7 Å². The van der Waals surface area contributed by atoms with Crippen LogP contribution in [-0.4, -0.2) is 124 Å². The molecule has 1 amide bonds. The lowest BCUT2D eigenvalue weighted by molar-refractivity contribution is -0.142. The van der Waals surface area contributed by atoms with Crippen molar-refractivity contribution in [3.8, 4) is 0 Å². The quantitative estimate of drug-likeness (QED) is 0.313. The summed E-state index contributed by atoms with van der Waals surface area (Å²) < 4.78 is 19.1. The zero-order valence-corrected chi connectivity index (χ0v) is 28.4. The number of rotatable bonds is 8. The first-order valence-corrected chi connectivity index (χ1v) is 15.0. The first-order chi connectivity index (χ1) is 21.1. The number of ether oxygens (including phenoxy) is 1. The third-order valence-electron chi connectivity index (χ3n) is 6.78. The van der Waals surface area contributed by atoms with E-state index < -0.39 is 47.7 Å². The van der Waals surface area contributed by atoms with Crippen molar-refractivity contribution >= 4 is 64.1 Å². The Morgan fingerprint density at radius 1 is 0.867 bits per heavy atom. The van der Waals surface area contributed by atoms with Crippen LogP contribution in [0.5, 0.6) is 0 Å². The lowest BCUT2D eigenvalue weighted by atomic mass is 10.1. The number of nitrogens with one attached hydrogen (secondary N) is 1. The number of pyridine rings is 1. The third-order valence-corrected chi connectivity index (χ3v) is 7.24. The molecule has 1 aromatic rings. The van der Waals surface area contributed by atoms with E-state index in [1.165, 1.54) is 0 Å². The van der Waals surface area contributed by atoms with Gasteiger partial charge in [0.25, 0.3) is 0 Å². The monoisotopic (exact) mass is 687 g/mol. The van der Waals surface area contributed by atoms with Gasteiger partial charge in [0.2, 0.25) is 0 Å². The van der Waals surface area contributed by atoms with Crippen LogP contribution in [0, 0.1) is 0 Å². The van der Waals surface area contributed by atoms with Crippen molar-refractivity contribution in [2.45, 2.75) is 78.4 Å². The van der Waals surface area contributed by atoms with Crippen molar-refractivity contribution in [1.82, 2.24) is 25.0 Å². The molecule has 17 heteroatoms. The fourth-order valence-electron chi connectivity index (χ4n) is 4.23. The summed E-state index contributed by atoms with van der Waals surface area (Å²) in [4.78, 5) is 57.7. The Balaban J connectivity index is 0.000000782. The van der Waals surface area contributed by atoms with Gasteiger partial charge in [0.15, 0.2) is 0 Å². The highest BCUT2D eigenvalue weighted by Gasteiger charge is 2.29. The van der Waals surface area contributed by atoms with E-state index >= 15 is 0 Å². The highest BCUT2D eigenvalue weighted by atomic mass is 79.9. The lowest BCUT2D eigenvalue weighted by Crippen LogP contribution is -2.51. The summed E-state index contributed by atoms with van der Waals surface area (Å²) in [7, 11) is 15.3. The van der Waals surface area contributed by atoms with E-state index in [0.717, 1.165) is 4.47 Å².